The van der Waals surface area contributed by atoms with E-state index in [0.29, 0.717) is 17.2 Å². The minimum Gasteiger partial charge on any atom is -0.497 e. The molecule has 0 aliphatic rings. The molecule has 2 aromatic rings. The zero-order valence-corrected chi connectivity index (χ0v) is 13.4. The molecule has 23 heavy (non-hydrogen) atoms. The average Bonchev–Trinajstić information content (AvgIpc) is 2.62. The fraction of sp³-hybridized carbons (Fsp3) is 0.278. The average molecular weight is 316 g/mol. The van der Waals surface area contributed by atoms with Gasteiger partial charge in [0.05, 0.1) is 21.3 Å². The molecule has 5 heteroatoms. The van der Waals surface area contributed by atoms with Crippen molar-refractivity contribution in [3.8, 4) is 17.2 Å². The van der Waals surface area contributed by atoms with Gasteiger partial charge in [0.15, 0.2) is 0 Å². The maximum Gasteiger partial charge on any atom is 0.316 e. The number of hydrogen-bond acceptors (Lipinski definition) is 5. The highest BCUT2D eigenvalue weighted by Crippen LogP contribution is 2.29. The zero-order chi connectivity index (χ0) is 16.7. The quantitative estimate of drug-likeness (QED) is 0.735. The van der Waals surface area contributed by atoms with Gasteiger partial charge < -0.3 is 18.9 Å². The first kappa shape index (κ1) is 16.7. The summed E-state index contributed by atoms with van der Waals surface area (Å²) in [4.78, 5) is 12.1. The molecule has 2 rings (SSSR count). The molecule has 1 unspecified atom stereocenters. The Bertz CT molecular complexity index is 653. The van der Waals surface area contributed by atoms with E-state index in [4.69, 9.17) is 18.9 Å². The Morgan fingerprint density at radius 3 is 2.39 bits per heavy atom. The molecule has 0 aromatic heterocycles. The molecule has 0 aliphatic carbocycles. The Morgan fingerprint density at radius 1 is 0.957 bits per heavy atom. The minimum absolute atomic E-state index is 0.139. The number of methoxy groups -OCH3 is 3. The first-order valence-corrected chi connectivity index (χ1v) is 7.17. The number of ether oxygens (including phenoxy) is 4. The van der Waals surface area contributed by atoms with Gasteiger partial charge in [-0.3, -0.25) is 4.79 Å². The molecule has 0 aliphatic heterocycles. The third-order valence-electron chi connectivity index (χ3n) is 3.46. The second kappa shape index (κ2) is 8.08. The van der Waals surface area contributed by atoms with Crippen LogP contribution >= 0.6 is 0 Å². The Hall–Kier alpha value is -2.69. The second-order valence-electron chi connectivity index (χ2n) is 4.81. The molecule has 0 amide bonds. The number of esters is 1. The third-order valence-corrected chi connectivity index (χ3v) is 3.46. The van der Waals surface area contributed by atoms with Crippen LogP contribution in [0.25, 0.3) is 0 Å². The molecule has 122 valence electrons. The lowest BCUT2D eigenvalue weighted by atomic mass is 9.99. The van der Waals surface area contributed by atoms with Gasteiger partial charge in [-0.2, -0.15) is 0 Å². The lowest BCUT2D eigenvalue weighted by Crippen LogP contribution is -2.22. The van der Waals surface area contributed by atoms with E-state index in [1.807, 2.05) is 30.3 Å². The summed E-state index contributed by atoms with van der Waals surface area (Å²) in [5.41, 5.74) is 0.727. The van der Waals surface area contributed by atoms with Gasteiger partial charge >= 0.3 is 5.97 Å². The maximum atomic E-state index is 12.1. The highest BCUT2D eigenvalue weighted by atomic mass is 16.5. The van der Waals surface area contributed by atoms with Gasteiger partial charge in [0.1, 0.15) is 29.8 Å². The Balaban J connectivity index is 2.20. The summed E-state index contributed by atoms with van der Waals surface area (Å²) in [7, 11) is 4.51. The summed E-state index contributed by atoms with van der Waals surface area (Å²) in [6.45, 7) is 0.139. The summed E-state index contributed by atoms with van der Waals surface area (Å²) in [6.07, 6.45) is 0. The molecule has 0 bridgehead atoms. The van der Waals surface area contributed by atoms with Crippen LogP contribution in [-0.2, 0) is 9.53 Å². The monoisotopic (exact) mass is 316 g/mol. The molecular weight excluding hydrogens is 296 g/mol. The van der Waals surface area contributed by atoms with Crippen molar-refractivity contribution < 1.29 is 23.7 Å². The number of rotatable bonds is 7. The Kier molecular flexibility index (Phi) is 5.86. The smallest absolute Gasteiger partial charge is 0.316 e. The predicted octanol–water partition coefficient (Wildman–Crippen LogP) is 3.04. The second-order valence-corrected chi connectivity index (χ2v) is 4.81. The van der Waals surface area contributed by atoms with E-state index in [9.17, 15) is 4.79 Å². The largest absolute Gasteiger partial charge is 0.497 e. The molecule has 2 aromatic carbocycles. The van der Waals surface area contributed by atoms with E-state index in [0.717, 1.165) is 5.56 Å². The van der Waals surface area contributed by atoms with Crippen molar-refractivity contribution in [1.82, 2.24) is 0 Å². The number of carbonyl (C=O) groups excluding carboxylic acids is 1. The molecule has 0 saturated heterocycles. The van der Waals surface area contributed by atoms with Gasteiger partial charge in [-0.05, 0) is 18.2 Å². The van der Waals surface area contributed by atoms with Crippen molar-refractivity contribution in [3.63, 3.8) is 0 Å². The van der Waals surface area contributed by atoms with E-state index >= 15 is 0 Å². The standard InChI is InChI=1S/C18H20O5/c1-20-13-7-6-8-14(11-13)23-12-16(18(19)22-3)15-9-4-5-10-17(15)21-2/h4-11,16H,12H2,1-3H3. The van der Waals surface area contributed by atoms with Crippen LogP contribution in [-0.4, -0.2) is 33.9 Å². The van der Waals surface area contributed by atoms with Crippen LogP contribution in [0.15, 0.2) is 48.5 Å². The molecule has 0 saturated carbocycles. The van der Waals surface area contributed by atoms with Crippen LogP contribution in [0, 0.1) is 0 Å². The van der Waals surface area contributed by atoms with Crippen molar-refractivity contribution in [2.75, 3.05) is 27.9 Å². The molecular formula is C18H20O5. The summed E-state index contributed by atoms with van der Waals surface area (Å²) in [6, 6.07) is 14.5. The van der Waals surface area contributed by atoms with Crippen LogP contribution in [0.2, 0.25) is 0 Å². The normalized spacial score (nSPS) is 11.4. The van der Waals surface area contributed by atoms with Gasteiger partial charge in [0, 0.05) is 11.6 Å². The number of para-hydroxylation sites is 1. The van der Waals surface area contributed by atoms with Gasteiger partial charge in [-0.15, -0.1) is 0 Å². The fourth-order valence-electron chi connectivity index (χ4n) is 2.25. The Morgan fingerprint density at radius 2 is 1.70 bits per heavy atom. The summed E-state index contributed by atoms with van der Waals surface area (Å²) >= 11 is 0. The number of carbonyl (C=O) groups is 1. The van der Waals surface area contributed by atoms with Crippen LogP contribution in [0.4, 0.5) is 0 Å². The SMILES string of the molecule is COC(=O)C(COc1cccc(OC)c1)c1ccccc1OC. The fourth-order valence-corrected chi connectivity index (χ4v) is 2.25. The summed E-state index contributed by atoms with van der Waals surface area (Å²) in [5.74, 6) is 0.972. The zero-order valence-electron chi connectivity index (χ0n) is 13.4. The topological polar surface area (TPSA) is 54.0 Å². The van der Waals surface area contributed by atoms with E-state index in [2.05, 4.69) is 0 Å². The van der Waals surface area contributed by atoms with E-state index in [1.165, 1.54) is 7.11 Å². The van der Waals surface area contributed by atoms with Crippen molar-refractivity contribution >= 4 is 5.97 Å². The molecule has 0 spiro atoms. The maximum absolute atomic E-state index is 12.1. The van der Waals surface area contributed by atoms with Crippen LogP contribution < -0.4 is 14.2 Å². The molecule has 0 N–H and O–H groups in total. The minimum atomic E-state index is -0.581. The molecule has 0 fully saturated rings. The lowest BCUT2D eigenvalue weighted by molar-refractivity contribution is -0.143. The van der Waals surface area contributed by atoms with E-state index in [-0.39, 0.29) is 12.6 Å². The van der Waals surface area contributed by atoms with Gasteiger partial charge in [0.25, 0.3) is 0 Å². The van der Waals surface area contributed by atoms with Crippen LogP contribution in [0.3, 0.4) is 0 Å². The Labute approximate surface area is 135 Å². The lowest BCUT2D eigenvalue weighted by Gasteiger charge is -2.18. The number of hydrogen-bond donors (Lipinski definition) is 0. The van der Waals surface area contributed by atoms with Crippen molar-refractivity contribution in [3.05, 3.63) is 54.1 Å². The van der Waals surface area contributed by atoms with Crippen molar-refractivity contribution in [2.45, 2.75) is 5.92 Å². The molecule has 5 nitrogen and oxygen atoms in total. The van der Waals surface area contributed by atoms with E-state index < -0.39 is 5.92 Å². The predicted molar refractivity (Wildman–Crippen MR) is 86.2 cm³/mol. The third kappa shape index (κ3) is 4.16. The molecule has 0 radical (unpaired) electrons. The van der Waals surface area contributed by atoms with Crippen molar-refractivity contribution in [1.29, 1.82) is 0 Å². The van der Waals surface area contributed by atoms with Gasteiger partial charge in [-0.25, -0.2) is 0 Å². The first-order valence-electron chi connectivity index (χ1n) is 7.17. The first-order chi connectivity index (χ1) is 11.2. The summed E-state index contributed by atoms with van der Waals surface area (Å²) in [5, 5.41) is 0. The molecule has 0 heterocycles. The summed E-state index contributed by atoms with van der Waals surface area (Å²) < 4.78 is 21.1. The van der Waals surface area contributed by atoms with Crippen LogP contribution in [0.1, 0.15) is 11.5 Å². The van der Waals surface area contributed by atoms with Crippen molar-refractivity contribution in [2.24, 2.45) is 0 Å². The number of benzene rings is 2. The van der Waals surface area contributed by atoms with Gasteiger partial charge in [-0.1, -0.05) is 24.3 Å². The van der Waals surface area contributed by atoms with E-state index in [1.54, 1.807) is 32.4 Å². The molecule has 1 atom stereocenters. The van der Waals surface area contributed by atoms with Crippen LogP contribution in [0.5, 0.6) is 17.2 Å². The van der Waals surface area contributed by atoms with Gasteiger partial charge in [0.2, 0.25) is 0 Å². The highest BCUT2D eigenvalue weighted by Gasteiger charge is 2.25. The highest BCUT2D eigenvalue weighted by molar-refractivity contribution is 5.79.